The molecule has 0 aromatic carbocycles. The molecule has 0 aliphatic heterocycles. The minimum Gasteiger partial charge on any atom is -0.455 e. The molecule has 0 saturated carbocycles. The van der Waals surface area contributed by atoms with Gasteiger partial charge in [-0.25, -0.2) is 12.7 Å². The van der Waals surface area contributed by atoms with E-state index in [4.69, 9.17) is 14.1 Å². The van der Waals surface area contributed by atoms with Crippen molar-refractivity contribution in [2.45, 2.75) is 18.2 Å². The van der Waals surface area contributed by atoms with Gasteiger partial charge in [0.25, 0.3) is 5.89 Å². The van der Waals surface area contributed by atoms with E-state index in [0.717, 1.165) is 4.31 Å². The lowest BCUT2D eigenvalue weighted by Gasteiger charge is -2.12. The molecule has 0 N–H and O–H groups in total. The zero-order chi connectivity index (χ0) is 18.8. The Morgan fingerprint density at radius 3 is 2.48 bits per heavy atom. The molecule has 10 heteroatoms. The maximum atomic E-state index is 12.3. The van der Waals surface area contributed by atoms with Crippen LogP contribution in [0.1, 0.15) is 17.9 Å². The van der Waals surface area contributed by atoms with Crippen molar-refractivity contribution < 1.29 is 17.3 Å². The van der Waals surface area contributed by atoms with E-state index in [9.17, 15) is 13.7 Å². The highest BCUT2D eigenvalue weighted by Crippen LogP contribution is 2.32. The summed E-state index contributed by atoms with van der Waals surface area (Å²) in [6.07, 6.45) is 0.252. The third-order valence-corrected chi connectivity index (χ3v) is 5.39. The first kappa shape index (κ1) is 18.5. The number of aryl methyl sites for hydroxylation is 1. The first-order valence-corrected chi connectivity index (χ1v) is 8.68. The van der Waals surface area contributed by atoms with Crippen LogP contribution in [-0.4, -0.2) is 45.4 Å². The van der Waals surface area contributed by atoms with Gasteiger partial charge < -0.3 is 13.7 Å². The van der Waals surface area contributed by atoms with E-state index in [1.54, 1.807) is 11.9 Å². The summed E-state index contributed by atoms with van der Waals surface area (Å²) < 4.78 is 36.7. The molecule has 25 heavy (non-hydrogen) atoms. The molecular formula is C15H17N5O4S. The summed E-state index contributed by atoms with van der Waals surface area (Å²) in [5.74, 6) is 0.492. The molecule has 0 saturated heterocycles. The Kier molecular flexibility index (Phi) is 5.16. The van der Waals surface area contributed by atoms with Crippen LogP contribution in [0.4, 0.5) is 5.88 Å². The quantitative estimate of drug-likeness (QED) is 0.759. The zero-order valence-electron chi connectivity index (χ0n) is 14.3. The molecule has 0 aliphatic carbocycles. The van der Waals surface area contributed by atoms with E-state index in [1.165, 1.54) is 27.1 Å². The minimum atomic E-state index is -3.67. The van der Waals surface area contributed by atoms with Crippen molar-refractivity contribution in [1.82, 2.24) is 9.29 Å². The van der Waals surface area contributed by atoms with Crippen molar-refractivity contribution in [3.63, 3.8) is 0 Å². The van der Waals surface area contributed by atoms with Gasteiger partial charge in [0.1, 0.15) is 16.7 Å². The Labute approximate surface area is 145 Å². The number of nitriles is 2. The lowest BCUT2D eigenvalue weighted by atomic mass is 10.4. The number of oxazole rings is 1. The largest absolute Gasteiger partial charge is 0.455 e. The average molecular weight is 363 g/mol. The van der Waals surface area contributed by atoms with E-state index in [-0.39, 0.29) is 40.3 Å². The van der Waals surface area contributed by atoms with E-state index in [1.807, 2.05) is 12.1 Å². The molecule has 132 valence electrons. The van der Waals surface area contributed by atoms with Gasteiger partial charge in [-0.05, 0) is 6.92 Å². The van der Waals surface area contributed by atoms with Crippen LogP contribution in [0.3, 0.4) is 0 Å². The summed E-state index contributed by atoms with van der Waals surface area (Å²) in [7, 11) is 0.830. The van der Waals surface area contributed by atoms with Crippen LogP contribution in [0.25, 0.3) is 11.7 Å². The summed E-state index contributed by atoms with van der Waals surface area (Å²) in [4.78, 5) is 5.65. The Hall–Kier alpha value is -2.82. The topological polar surface area (TPSA) is 127 Å². The number of furan rings is 1. The molecule has 0 bridgehead atoms. The molecule has 2 heterocycles. The molecule has 0 radical (unpaired) electrons. The number of anilines is 1. The van der Waals surface area contributed by atoms with Crippen LogP contribution < -0.4 is 4.90 Å². The number of hydrogen-bond acceptors (Lipinski definition) is 8. The third-order valence-electron chi connectivity index (χ3n) is 3.46. The highest BCUT2D eigenvalue weighted by molar-refractivity contribution is 7.89. The second-order valence-corrected chi connectivity index (χ2v) is 7.55. The predicted octanol–water partition coefficient (Wildman–Crippen LogP) is 1.71. The summed E-state index contributed by atoms with van der Waals surface area (Å²) in [5, 5.41) is 17.9. The van der Waals surface area contributed by atoms with Gasteiger partial charge in [0, 0.05) is 33.8 Å². The van der Waals surface area contributed by atoms with Crippen LogP contribution in [0.15, 0.2) is 19.8 Å². The number of sulfonamides is 1. The number of hydrogen-bond donors (Lipinski definition) is 0. The van der Waals surface area contributed by atoms with Crippen molar-refractivity contribution in [2.24, 2.45) is 0 Å². The second-order valence-electron chi connectivity index (χ2n) is 5.43. The van der Waals surface area contributed by atoms with Crippen molar-refractivity contribution in [3.8, 4) is 23.8 Å². The Morgan fingerprint density at radius 2 is 1.92 bits per heavy atom. The van der Waals surface area contributed by atoms with Gasteiger partial charge in [-0.1, -0.05) is 0 Å². The lowest BCUT2D eigenvalue weighted by molar-refractivity contribution is 0.489. The molecule has 0 unspecified atom stereocenters. The molecule has 0 amide bonds. The molecule has 0 spiro atoms. The number of rotatable bonds is 6. The summed E-state index contributed by atoms with van der Waals surface area (Å²) in [5.41, 5.74) is 0.0292. The fourth-order valence-electron chi connectivity index (χ4n) is 2.09. The molecule has 0 aliphatic rings. The predicted molar refractivity (Wildman–Crippen MR) is 88.0 cm³/mol. The van der Waals surface area contributed by atoms with Gasteiger partial charge in [0.15, 0.2) is 5.76 Å². The van der Waals surface area contributed by atoms with Crippen LogP contribution in [0.2, 0.25) is 0 Å². The fourth-order valence-corrected chi connectivity index (χ4v) is 3.15. The fraction of sp³-hybridized carbons (Fsp3) is 0.400. The highest BCUT2D eigenvalue weighted by Gasteiger charge is 2.27. The van der Waals surface area contributed by atoms with Crippen LogP contribution in [0.5, 0.6) is 0 Å². The zero-order valence-corrected chi connectivity index (χ0v) is 15.1. The average Bonchev–Trinajstić information content (AvgIpc) is 3.16. The monoisotopic (exact) mass is 363 g/mol. The molecule has 0 atom stereocenters. The van der Waals surface area contributed by atoms with E-state index in [0.29, 0.717) is 6.54 Å². The maximum absolute atomic E-state index is 12.3. The second kappa shape index (κ2) is 6.97. The van der Waals surface area contributed by atoms with Crippen molar-refractivity contribution in [3.05, 3.63) is 17.5 Å². The Bertz CT molecular complexity index is 959. The summed E-state index contributed by atoms with van der Waals surface area (Å²) >= 11 is 0. The summed E-state index contributed by atoms with van der Waals surface area (Å²) in [6, 6.07) is 5.24. The van der Waals surface area contributed by atoms with Gasteiger partial charge in [0.05, 0.1) is 12.5 Å². The smallest absolute Gasteiger partial charge is 0.266 e. The van der Waals surface area contributed by atoms with E-state index >= 15 is 0 Å². The first-order chi connectivity index (χ1) is 11.7. The van der Waals surface area contributed by atoms with Crippen molar-refractivity contribution in [2.75, 3.05) is 32.6 Å². The molecular weight excluding hydrogens is 346 g/mol. The third kappa shape index (κ3) is 3.50. The van der Waals surface area contributed by atoms with Gasteiger partial charge >= 0.3 is 0 Å². The summed E-state index contributed by atoms with van der Waals surface area (Å²) in [6.45, 7) is 1.88. The van der Waals surface area contributed by atoms with Crippen LogP contribution in [-0.2, 0) is 10.0 Å². The lowest BCUT2D eigenvalue weighted by Crippen LogP contribution is -2.22. The molecule has 9 nitrogen and oxygen atoms in total. The Morgan fingerprint density at radius 1 is 1.24 bits per heavy atom. The first-order valence-electron chi connectivity index (χ1n) is 7.24. The maximum Gasteiger partial charge on any atom is 0.266 e. The number of nitrogens with zero attached hydrogens (tertiary/aromatic N) is 5. The Balaban J connectivity index is 2.46. The van der Waals surface area contributed by atoms with Gasteiger partial charge in [-0.15, -0.1) is 0 Å². The minimum absolute atomic E-state index is 0.00124. The van der Waals surface area contributed by atoms with Gasteiger partial charge in [0.2, 0.25) is 21.6 Å². The van der Waals surface area contributed by atoms with Crippen molar-refractivity contribution in [1.29, 1.82) is 10.5 Å². The van der Waals surface area contributed by atoms with Gasteiger partial charge in [-0.3, -0.25) is 0 Å². The molecule has 0 fully saturated rings. The van der Waals surface area contributed by atoms with Crippen LogP contribution in [0, 0.1) is 29.6 Å². The van der Waals surface area contributed by atoms with E-state index < -0.39 is 10.0 Å². The highest BCUT2D eigenvalue weighted by atomic mass is 32.2. The van der Waals surface area contributed by atoms with Gasteiger partial charge in [-0.2, -0.15) is 15.5 Å². The van der Waals surface area contributed by atoms with Crippen molar-refractivity contribution >= 4 is 15.9 Å². The molecule has 2 aromatic rings. The molecule has 2 aromatic heterocycles. The van der Waals surface area contributed by atoms with E-state index in [2.05, 4.69) is 4.98 Å². The SMILES string of the molecule is Cc1oc(-c2nc(C#N)c(N(C)CCC#N)o2)cc1S(=O)(=O)N(C)C. The molecule has 2 rings (SSSR count). The standard InChI is InChI=1S/C15H17N5O4S/c1-10-13(25(21,22)19(2)3)8-12(23-10)14-18-11(9-17)15(24-14)20(4)7-5-6-16/h8H,5,7H2,1-4H3. The van der Waals surface area contributed by atoms with Crippen LogP contribution >= 0.6 is 0 Å². The number of aromatic nitrogens is 1. The normalized spacial score (nSPS) is 11.3.